The molecule has 2 unspecified atom stereocenters. The highest BCUT2D eigenvalue weighted by Crippen LogP contribution is 2.32. The highest BCUT2D eigenvalue weighted by molar-refractivity contribution is 9.09. The number of hydrogen-bond acceptors (Lipinski definition) is 2. The SMILES string of the molecule is CC1CCN(S(=O)(=O)c2ccc(F)cc2F)C1CBr. The van der Waals surface area contributed by atoms with Crippen LogP contribution in [0.5, 0.6) is 0 Å². The molecule has 7 heteroatoms. The quantitative estimate of drug-likeness (QED) is 0.783. The number of halogens is 3. The summed E-state index contributed by atoms with van der Waals surface area (Å²) >= 11 is 3.29. The Morgan fingerprint density at radius 1 is 1.42 bits per heavy atom. The summed E-state index contributed by atoms with van der Waals surface area (Å²) in [6.45, 7) is 2.32. The fraction of sp³-hybridized carbons (Fsp3) is 0.500. The van der Waals surface area contributed by atoms with Crippen molar-refractivity contribution in [3.8, 4) is 0 Å². The van der Waals surface area contributed by atoms with Gasteiger partial charge in [-0.1, -0.05) is 22.9 Å². The van der Waals surface area contributed by atoms with Gasteiger partial charge in [-0.05, 0) is 24.5 Å². The molecule has 1 fully saturated rings. The van der Waals surface area contributed by atoms with Crippen molar-refractivity contribution in [1.29, 1.82) is 0 Å². The molecule has 1 aromatic rings. The lowest BCUT2D eigenvalue weighted by Crippen LogP contribution is -2.38. The number of benzene rings is 1. The minimum atomic E-state index is -3.92. The van der Waals surface area contributed by atoms with E-state index in [1.54, 1.807) is 0 Å². The van der Waals surface area contributed by atoms with E-state index in [9.17, 15) is 17.2 Å². The molecule has 106 valence electrons. The van der Waals surface area contributed by atoms with Crippen LogP contribution in [-0.4, -0.2) is 30.6 Å². The Morgan fingerprint density at radius 3 is 2.68 bits per heavy atom. The third kappa shape index (κ3) is 2.68. The summed E-state index contributed by atoms with van der Waals surface area (Å²) < 4.78 is 52.7. The van der Waals surface area contributed by atoms with Gasteiger partial charge >= 0.3 is 0 Å². The molecule has 0 radical (unpaired) electrons. The number of hydrogen-bond donors (Lipinski definition) is 0. The number of nitrogens with zero attached hydrogens (tertiary/aromatic N) is 1. The van der Waals surface area contributed by atoms with E-state index in [0.717, 1.165) is 18.6 Å². The third-order valence-corrected chi connectivity index (χ3v) is 6.09. The molecule has 1 aliphatic heterocycles. The van der Waals surface area contributed by atoms with Crippen molar-refractivity contribution < 1.29 is 17.2 Å². The Kier molecular flexibility index (Phi) is 4.27. The molecule has 1 heterocycles. The van der Waals surface area contributed by atoms with Crippen molar-refractivity contribution in [2.24, 2.45) is 5.92 Å². The molecule has 2 rings (SSSR count). The molecule has 2 atom stereocenters. The van der Waals surface area contributed by atoms with E-state index in [4.69, 9.17) is 0 Å². The van der Waals surface area contributed by atoms with Crippen LogP contribution in [0.1, 0.15) is 13.3 Å². The topological polar surface area (TPSA) is 37.4 Å². The van der Waals surface area contributed by atoms with E-state index >= 15 is 0 Å². The van der Waals surface area contributed by atoms with Crippen LogP contribution >= 0.6 is 15.9 Å². The van der Waals surface area contributed by atoms with Crippen LogP contribution < -0.4 is 0 Å². The third-order valence-electron chi connectivity index (χ3n) is 3.47. The standard InChI is InChI=1S/C12H14BrF2NO2S/c1-8-4-5-16(11(8)7-13)19(17,18)12-3-2-9(14)6-10(12)15/h2-3,6,8,11H,4-5,7H2,1H3. The molecule has 1 saturated heterocycles. The Bertz CT molecular complexity index is 579. The van der Waals surface area contributed by atoms with Gasteiger partial charge in [0.15, 0.2) is 0 Å². The molecule has 19 heavy (non-hydrogen) atoms. The fourth-order valence-electron chi connectivity index (χ4n) is 2.31. The van der Waals surface area contributed by atoms with E-state index < -0.39 is 26.6 Å². The molecule has 0 amide bonds. The minimum Gasteiger partial charge on any atom is -0.207 e. The van der Waals surface area contributed by atoms with Gasteiger partial charge in [0.1, 0.15) is 16.5 Å². The summed E-state index contributed by atoms with van der Waals surface area (Å²) in [7, 11) is -3.92. The molecule has 0 aromatic heterocycles. The first-order chi connectivity index (χ1) is 8.87. The van der Waals surface area contributed by atoms with Gasteiger partial charge in [-0.15, -0.1) is 0 Å². The summed E-state index contributed by atoms with van der Waals surface area (Å²) in [5.74, 6) is -1.63. The predicted octanol–water partition coefficient (Wildman–Crippen LogP) is 2.76. The van der Waals surface area contributed by atoms with Crippen molar-refractivity contribution >= 4 is 26.0 Å². The van der Waals surface area contributed by atoms with Crippen molar-refractivity contribution in [3.63, 3.8) is 0 Å². The van der Waals surface area contributed by atoms with E-state index in [0.29, 0.717) is 17.9 Å². The van der Waals surface area contributed by atoms with Crippen LogP contribution in [0, 0.1) is 17.6 Å². The molecule has 0 N–H and O–H groups in total. The molecule has 1 aliphatic rings. The monoisotopic (exact) mass is 353 g/mol. The lowest BCUT2D eigenvalue weighted by atomic mass is 10.1. The first kappa shape index (κ1) is 14.9. The maximum atomic E-state index is 13.7. The first-order valence-corrected chi connectivity index (χ1v) is 8.47. The van der Waals surface area contributed by atoms with Crippen LogP contribution in [0.25, 0.3) is 0 Å². The zero-order valence-electron chi connectivity index (χ0n) is 10.3. The zero-order chi connectivity index (χ0) is 14.2. The normalized spacial score (nSPS) is 24.8. The van der Waals surface area contributed by atoms with Crippen LogP contribution in [0.3, 0.4) is 0 Å². The van der Waals surface area contributed by atoms with Crippen molar-refractivity contribution in [1.82, 2.24) is 4.31 Å². The largest absolute Gasteiger partial charge is 0.246 e. The van der Waals surface area contributed by atoms with E-state index in [2.05, 4.69) is 15.9 Å². The molecule has 3 nitrogen and oxygen atoms in total. The Balaban J connectivity index is 2.42. The average Bonchev–Trinajstić information content (AvgIpc) is 2.70. The average molecular weight is 354 g/mol. The van der Waals surface area contributed by atoms with E-state index in [1.807, 2.05) is 6.92 Å². The lowest BCUT2D eigenvalue weighted by molar-refractivity contribution is 0.376. The van der Waals surface area contributed by atoms with Gasteiger partial charge in [-0.2, -0.15) is 4.31 Å². The van der Waals surface area contributed by atoms with Crippen LogP contribution in [0.4, 0.5) is 8.78 Å². The Morgan fingerprint density at radius 2 is 2.11 bits per heavy atom. The smallest absolute Gasteiger partial charge is 0.207 e. The molecular weight excluding hydrogens is 340 g/mol. The molecule has 0 aliphatic carbocycles. The molecule has 1 aromatic carbocycles. The number of sulfonamides is 1. The molecular formula is C12H14BrF2NO2S. The second kappa shape index (κ2) is 5.46. The molecule has 0 bridgehead atoms. The Labute approximate surface area is 119 Å². The summed E-state index contributed by atoms with van der Waals surface area (Å²) in [5, 5.41) is 0.496. The van der Waals surface area contributed by atoms with Crippen LogP contribution in [0.15, 0.2) is 23.1 Å². The van der Waals surface area contributed by atoms with Crippen molar-refractivity contribution in [3.05, 3.63) is 29.8 Å². The van der Waals surface area contributed by atoms with Crippen LogP contribution in [0.2, 0.25) is 0 Å². The van der Waals surface area contributed by atoms with Gasteiger partial charge in [0.05, 0.1) is 0 Å². The maximum Gasteiger partial charge on any atom is 0.246 e. The molecule has 0 spiro atoms. The summed E-state index contributed by atoms with van der Waals surface area (Å²) in [6, 6.07) is 2.33. The first-order valence-electron chi connectivity index (χ1n) is 5.90. The predicted molar refractivity (Wildman–Crippen MR) is 71.6 cm³/mol. The van der Waals surface area contributed by atoms with Crippen molar-refractivity contribution in [2.45, 2.75) is 24.3 Å². The van der Waals surface area contributed by atoms with Gasteiger partial charge in [-0.3, -0.25) is 0 Å². The lowest BCUT2D eigenvalue weighted by Gasteiger charge is -2.24. The van der Waals surface area contributed by atoms with Crippen LogP contribution in [-0.2, 0) is 10.0 Å². The summed E-state index contributed by atoms with van der Waals surface area (Å²) in [5.41, 5.74) is 0. The highest BCUT2D eigenvalue weighted by Gasteiger charge is 2.39. The second-order valence-corrected chi connectivity index (χ2v) is 7.18. The summed E-state index contributed by atoms with van der Waals surface area (Å²) in [6.07, 6.45) is 0.734. The summed E-state index contributed by atoms with van der Waals surface area (Å²) in [4.78, 5) is -0.464. The van der Waals surface area contributed by atoms with Gasteiger partial charge in [-0.25, -0.2) is 17.2 Å². The molecule has 0 saturated carbocycles. The maximum absolute atomic E-state index is 13.7. The minimum absolute atomic E-state index is 0.200. The number of alkyl halides is 1. The Hall–Kier alpha value is -0.530. The fourth-order valence-corrected chi connectivity index (χ4v) is 5.27. The van der Waals surface area contributed by atoms with Crippen molar-refractivity contribution in [2.75, 3.05) is 11.9 Å². The van der Waals surface area contributed by atoms with E-state index in [1.165, 1.54) is 4.31 Å². The van der Waals surface area contributed by atoms with E-state index in [-0.39, 0.29) is 12.0 Å². The van der Waals surface area contributed by atoms with Gasteiger partial charge < -0.3 is 0 Å². The van der Waals surface area contributed by atoms with Gasteiger partial charge in [0, 0.05) is 24.0 Å². The van der Waals surface area contributed by atoms with Gasteiger partial charge in [0.25, 0.3) is 0 Å². The highest BCUT2D eigenvalue weighted by atomic mass is 79.9. The second-order valence-electron chi connectivity index (χ2n) is 4.68. The number of rotatable bonds is 3. The van der Waals surface area contributed by atoms with Gasteiger partial charge in [0.2, 0.25) is 10.0 Å². The zero-order valence-corrected chi connectivity index (χ0v) is 12.7.